The lowest BCUT2D eigenvalue weighted by Gasteiger charge is -2.20. The van der Waals surface area contributed by atoms with Crippen LogP contribution in [0.3, 0.4) is 0 Å². The lowest BCUT2D eigenvalue weighted by Crippen LogP contribution is -2.20. The number of rotatable bonds is 5. The number of para-hydroxylation sites is 1. The standard InChI is InChI=1S/C18H23N3/c1-14(2)12-19-13-16-11-17(7-9-20-16)21-10-8-15-5-3-4-6-18(15)21/h3-7,9,11,14,19H,8,10,12-13H2,1-2H3. The summed E-state index contributed by atoms with van der Waals surface area (Å²) in [5.41, 5.74) is 5.13. The van der Waals surface area contributed by atoms with Gasteiger partial charge in [0.2, 0.25) is 0 Å². The van der Waals surface area contributed by atoms with Crippen LogP contribution in [0.5, 0.6) is 0 Å². The van der Waals surface area contributed by atoms with Crippen molar-refractivity contribution >= 4 is 11.4 Å². The van der Waals surface area contributed by atoms with Gasteiger partial charge in [0.25, 0.3) is 0 Å². The van der Waals surface area contributed by atoms with E-state index < -0.39 is 0 Å². The molecule has 2 aromatic rings. The fraction of sp³-hybridized carbons (Fsp3) is 0.389. The van der Waals surface area contributed by atoms with Gasteiger partial charge in [-0.2, -0.15) is 0 Å². The molecule has 3 heteroatoms. The van der Waals surface area contributed by atoms with Crippen molar-refractivity contribution in [3.05, 3.63) is 53.9 Å². The summed E-state index contributed by atoms with van der Waals surface area (Å²) < 4.78 is 0. The third-order valence-electron chi connectivity index (χ3n) is 3.86. The minimum Gasteiger partial charge on any atom is -0.341 e. The van der Waals surface area contributed by atoms with Crippen LogP contribution in [-0.4, -0.2) is 18.1 Å². The topological polar surface area (TPSA) is 28.2 Å². The van der Waals surface area contributed by atoms with E-state index in [4.69, 9.17) is 0 Å². The Morgan fingerprint density at radius 1 is 1.24 bits per heavy atom. The highest BCUT2D eigenvalue weighted by Gasteiger charge is 2.19. The Morgan fingerprint density at radius 3 is 2.95 bits per heavy atom. The molecule has 1 aromatic heterocycles. The summed E-state index contributed by atoms with van der Waals surface area (Å²) in [4.78, 5) is 6.87. The second kappa shape index (κ2) is 6.27. The lowest BCUT2D eigenvalue weighted by molar-refractivity contribution is 0.548. The lowest BCUT2D eigenvalue weighted by atomic mass is 10.2. The van der Waals surface area contributed by atoms with Crippen molar-refractivity contribution in [1.29, 1.82) is 0 Å². The second-order valence-electron chi connectivity index (χ2n) is 6.06. The Labute approximate surface area is 127 Å². The van der Waals surface area contributed by atoms with Crippen LogP contribution in [0.2, 0.25) is 0 Å². The van der Waals surface area contributed by atoms with Crippen molar-refractivity contribution in [1.82, 2.24) is 10.3 Å². The van der Waals surface area contributed by atoms with Gasteiger partial charge in [0, 0.05) is 30.7 Å². The second-order valence-corrected chi connectivity index (χ2v) is 6.06. The normalized spacial score (nSPS) is 13.8. The minimum atomic E-state index is 0.665. The van der Waals surface area contributed by atoms with Crippen LogP contribution in [-0.2, 0) is 13.0 Å². The van der Waals surface area contributed by atoms with Gasteiger partial charge in [-0.1, -0.05) is 32.0 Å². The van der Waals surface area contributed by atoms with Gasteiger partial charge in [-0.15, -0.1) is 0 Å². The molecule has 0 fully saturated rings. The van der Waals surface area contributed by atoms with E-state index >= 15 is 0 Å². The smallest absolute Gasteiger partial charge is 0.0562 e. The van der Waals surface area contributed by atoms with Crippen LogP contribution in [0.15, 0.2) is 42.6 Å². The van der Waals surface area contributed by atoms with Crippen molar-refractivity contribution in [2.75, 3.05) is 18.0 Å². The van der Waals surface area contributed by atoms with Crippen molar-refractivity contribution in [2.24, 2.45) is 5.92 Å². The average molecular weight is 281 g/mol. The molecule has 3 nitrogen and oxygen atoms in total. The number of hydrogen-bond donors (Lipinski definition) is 1. The van der Waals surface area contributed by atoms with E-state index in [2.05, 4.69) is 65.4 Å². The fourth-order valence-electron chi connectivity index (χ4n) is 2.83. The molecule has 0 amide bonds. The first kappa shape index (κ1) is 14.1. The largest absolute Gasteiger partial charge is 0.341 e. The molecule has 0 saturated heterocycles. The third kappa shape index (κ3) is 3.24. The van der Waals surface area contributed by atoms with Crippen molar-refractivity contribution in [3.8, 4) is 0 Å². The Hall–Kier alpha value is -1.87. The molecular weight excluding hydrogens is 258 g/mol. The van der Waals surface area contributed by atoms with Gasteiger partial charge in [-0.05, 0) is 42.6 Å². The maximum absolute atomic E-state index is 4.47. The molecule has 1 aliphatic rings. The molecule has 0 unspecified atom stereocenters. The van der Waals surface area contributed by atoms with Gasteiger partial charge in [-0.3, -0.25) is 4.98 Å². The van der Waals surface area contributed by atoms with Gasteiger partial charge in [-0.25, -0.2) is 0 Å². The fourth-order valence-corrected chi connectivity index (χ4v) is 2.83. The van der Waals surface area contributed by atoms with E-state index in [1.165, 1.54) is 16.9 Å². The SMILES string of the molecule is CC(C)CNCc1cc(N2CCc3ccccc32)ccn1. The average Bonchev–Trinajstić information content (AvgIpc) is 2.91. The summed E-state index contributed by atoms with van der Waals surface area (Å²) in [5, 5.41) is 3.46. The van der Waals surface area contributed by atoms with Crippen LogP contribution < -0.4 is 10.2 Å². The molecule has 1 aromatic carbocycles. The Balaban J connectivity index is 1.75. The molecule has 0 atom stereocenters. The number of nitrogens with zero attached hydrogens (tertiary/aromatic N) is 2. The molecule has 1 aliphatic heterocycles. The van der Waals surface area contributed by atoms with E-state index in [0.29, 0.717) is 5.92 Å². The molecule has 110 valence electrons. The number of nitrogens with one attached hydrogen (secondary N) is 1. The number of anilines is 2. The number of benzene rings is 1. The molecule has 0 aliphatic carbocycles. The van der Waals surface area contributed by atoms with Gasteiger partial charge in [0.15, 0.2) is 0 Å². The van der Waals surface area contributed by atoms with Crippen LogP contribution >= 0.6 is 0 Å². The highest BCUT2D eigenvalue weighted by Crippen LogP contribution is 2.34. The molecule has 0 radical (unpaired) electrons. The van der Waals surface area contributed by atoms with Crippen LogP contribution in [0.4, 0.5) is 11.4 Å². The van der Waals surface area contributed by atoms with Crippen molar-refractivity contribution in [2.45, 2.75) is 26.8 Å². The third-order valence-corrected chi connectivity index (χ3v) is 3.86. The van der Waals surface area contributed by atoms with Gasteiger partial charge in [0.1, 0.15) is 0 Å². The number of fused-ring (bicyclic) bond motifs is 1. The van der Waals surface area contributed by atoms with Gasteiger partial charge < -0.3 is 10.2 Å². The zero-order chi connectivity index (χ0) is 14.7. The van der Waals surface area contributed by atoms with Crippen molar-refractivity contribution in [3.63, 3.8) is 0 Å². The molecule has 1 N–H and O–H groups in total. The summed E-state index contributed by atoms with van der Waals surface area (Å²) >= 11 is 0. The maximum Gasteiger partial charge on any atom is 0.0562 e. The quantitative estimate of drug-likeness (QED) is 0.909. The summed E-state index contributed by atoms with van der Waals surface area (Å²) in [5.74, 6) is 0.665. The predicted molar refractivity (Wildman–Crippen MR) is 87.9 cm³/mol. The zero-order valence-electron chi connectivity index (χ0n) is 12.8. The summed E-state index contributed by atoms with van der Waals surface area (Å²) in [6.45, 7) is 7.36. The first-order valence-electron chi connectivity index (χ1n) is 7.75. The molecule has 21 heavy (non-hydrogen) atoms. The van der Waals surface area contributed by atoms with Crippen LogP contribution in [0.1, 0.15) is 25.1 Å². The molecule has 0 bridgehead atoms. The molecule has 0 spiro atoms. The minimum absolute atomic E-state index is 0.665. The van der Waals surface area contributed by atoms with Crippen LogP contribution in [0, 0.1) is 5.92 Å². The first-order valence-corrected chi connectivity index (χ1v) is 7.75. The molecule has 0 saturated carbocycles. The Morgan fingerprint density at radius 2 is 2.10 bits per heavy atom. The highest BCUT2D eigenvalue weighted by atomic mass is 15.2. The van der Waals surface area contributed by atoms with Crippen molar-refractivity contribution < 1.29 is 0 Å². The molecule has 3 rings (SSSR count). The summed E-state index contributed by atoms with van der Waals surface area (Å²) in [6.07, 6.45) is 3.04. The summed E-state index contributed by atoms with van der Waals surface area (Å²) in [7, 11) is 0. The number of pyridine rings is 1. The van der Waals surface area contributed by atoms with Crippen LogP contribution in [0.25, 0.3) is 0 Å². The Kier molecular flexibility index (Phi) is 4.20. The molecule has 2 heterocycles. The Bertz CT molecular complexity index is 607. The maximum atomic E-state index is 4.47. The zero-order valence-corrected chi connectivity index (χ0v) is 12.8. The van der Waals surface area contributed by atoms with E-state index in [0.717, 1.165) is 31.7 Å². The van der Waals surface area contributed by atoms with Gasteiger partial charge >= 0.3 is 0 Å². The van der Waals surface area contributed by atoms with Gasteiger partial charge in [0.05, 0.1) is 5.69 Å². The monoisotopic (exact) mass is 281 g/mol. The van der Waals surface area contributed by atoms with E-state index in [9.17, 15) is 0 Å². The number of aromatic nitrogens is 1. The van der Waals surface area contributed by atoms with E-state index in [1.54, 1.807) is 0 Å². The molecular formula is C18H23N3. The van der Waals surface area contributed by atoms with E-state index in [-0.39, 0.29) is 0 Å². The highest BCUT2D eigenvalue weighted by molar-refractivity contribution is 5.69. The predicted octanol–water partition coefficient (Wildman–Crippen LogP) is 3.52. The first-order chi connectivity index (χ1) is 10.2. The van der Waals surface area contributed by atoms with E-state index in [1.807, 2.05) is 6.20 Å². The number of hydrogen-bond acceptors (Lipinski definition) is 3. The summed E-state index contributed by atoms with van der Waals surface area (Å²) in [6, 6.07) is 13.0.